The minimum absolute atomic E-state index is 0.0195. The maximum atomic E-state index is 14.2. The molecule has 228 valence electrons. The molecule has 0 saturated heterocycles. The van der Waals surface area contributed by atoms with Gasteiger partial charge in [0.05, 0.1) is 45.2 Å². The van der Waals surface area contributed by atoms with Crippen LogP contribution in [0.2, 0.25) is 0 Å². The number of hydrogen-bond acceptors (Lipinski definition) is 7. The molecule has 0 fully saturated rings. The first kappa shape index (κ1) is 31.7. The number of carbonyl (C=O) groups excluding carboxylic acids is 1. The molecule has 1 aliphatic heterocycles. The predicted molar refractivity (Wildman–Crippen MR) is 183 cm³/mol. The first-order chi connectivity index (χ1) is 21.1. The van der Waals surface area contributed by atoms with E-state index in [2.05, 4.69) is 48.6 Å². The lowest BCUT2D eigenvalue weighted by molar-refractivity contribution is -0.138. The summed E-state index contributed by atoms with van der Waals surface area (Å²) in [5.74, 6) is 1.09. The molecule has 3 aromatic carbocycles. The van der Waals surface area contributed by atoms with Gasteiger partial charge in [-0.3, -0.25) is 9.36 Å². The zero-order valence-electron chi connectivity index (χ0n) is 25.6. The number of esters is 1. The van der Waals surface area contributed by atoms with Crippen molar-refractivity contribution in [3.05, 3.63) is 118 Å². The highest BCUT2D eigenvalue weighted by Gasteiger charge is 2.35. The van der Waals surface area contributed by atoms with Crippen molar-refractivity contribution in [3.8, 4) is 11.5 Å². The van der Waals surface area contributed by atoms with Gasteiger partial charge in [-0.05, 0) is 84.2 Å². The molecule has 0 radical (unpaired) electrons. The molecule has 0 spiro atoms. The number of halogens is 1. The second-order valence-electron chi connectivity index (χ2n) is 11.0. The summed E-state index contributed by atoms with van der Waals surface area (Å²) in [6, 6.07) is 20.7. The highest BCUT2D eigenvalue weighted by atomic mass is 127. The highest BCUT2D eigenvalue weighted by molar-refractivity contribution is 14.1. The van der Waals surface area contributed by atoms with Crippen LogP contribution in [-0.4, -0.2) is 30.4 Å². The lowest BCUT2D eigenvalue weighted by Crippen LogP contribution is -2.40. The number of rotatable bonds is 9. The topological polar surface area (TPSA) is 79.1 Å². The molecule has 1 aliphatic rings. The first-order valence-corrected chi connectivity index (χ1v) is 16.4. The summed E-state index contributed by atoms with van der Waals surface area (Å²) < 4.78 is 20.2. The van der Waals surface area contributed by atoms with Crippen LogP contribution in [0.25, 0.3) is 11.8 Å². The SMILES string of the molecule is CCOC(=O)C1=C(c2ccccc2)N=c2s/c(=C\c3cc(I)c(OC(C)C)c(OC)c3)c(=O)n2[C@H]1c1ccc(C(C)C)cc1. The molecule has 1 aromatic heterocycles. The van der Waals surface area contributed by atoms with Crippen LogP contribution >= 0.6 is 33.9 Å². The van der Waals surface area contributed by atoms with Crippen LogP contribution in [0.3, 0.4) is 0 Å². The van der Waals surface area contributed by atoms with Crippen LogP contribution < -0.4 is 24.4 Å². The Hall–Kier alpha value is -3.70. The standard InChI is InChI=1S/C35H35IN2O5S/c1-7-42-34(40)29-30(24-11-9-8-10-12-24)37-35-38(31(29)25-15-13-23(14-16-25)20(2)3)33(39)28(44-35)19-22-17-26(36)32(43-21(4)5)27(18-22)41-6/h8-21,31H,7H2,1-6H3/b28-19-/t31-/m0/s1. The highest BCUT2D eigenvalue weighted by Crippen LogP contribution is 2.37. The number of benzene rings is 3. The molecule has 0 bridgehead atoms. The van der Waals surface area contributed by atoms with E-state index in [9.17, 15) is 9.59 Å². The average molecular weight is 723 g/mol. The Balaban J connectivity index is 1.77. The van der Waals surface area contributed by atoms with E-state index in [-0.39, 0.29) is 18.3 Å². The van der Waals surface area contributed by atoms with Gasteiger partial charge < -0.3 is 14.2 Å². The van der Waals surface area contributed by atoms with E-state index in [1.807, 2.05) is 74.5 Å². The molecule has 9 heteroatoms. The van der Waals surface area contributed by atoms with E-state index < -0.39 is 12.0 Å². The van der Waals surface area contributed by atoms with E-state index >= 15 is 0 Å². The summed E-state index contributed by atoms with van der Waals surface area (Å²) in [7, 11) is 1.60. The Kier molecular flexibility index (Phi) is 9.75. The molecule has 0 N–H and O–H groups in total. The van der Waals surface area contributed by atoms with Crippen LogP contribution in [0.5, 0.6) is 11.5 Å². The molecule has 0 saturated carbocycles. The van der Waals surface area contributed by atoms with Gasteiger partial charge in [-0.2, -0.15) is 0 Å². The number of nitrogens with zero attached hydrogens (tertiary/aromatic N) is 2. The van der Waals surface area contributed by atoms with E-state index in [0.717, 1.165) is 20.3 Å². The third kappa shape index (κ3) is 6.39. The third-order valence-electron chi connectivity index (χ3n) is 7.20. The molecule has 4 aromatic rings. The summed E-state index contributed by atoms with van der Waals surface area (Å²) in [5, 5.41) is 0. The Morgan fingerprint density at radius 3 is 2.39 bits per heavy atom. The van der Waals surface area contributed by atoms with Crippen LogP contribution in [0.1, 0.15) is 68.8 Å². The largest absolute Gasteiger partial charge is 0.493 e. The zero-order valence-corrected chi connectivity index (χ0v) is 28.6. The Morgan fingerprint density at radius 2 is 1.77 bits per heavy atom. The lowest BCUT2D eigenvalue weighted by atomic mass is 9.91. The molecule has 5 rings (SSSR count). The number of carbonyl (C=O) groups is 1. The third-order valence-corrected chi connectivity index (χ3v) is 8.98. The molecule has 44 heavy (non-hydrogen) atoms. The second kappa shape index (κ2) is 13.5. The number of aromatic nitrogens is 1. The predicted octanol–water partition coefficient (Wildman–Crippen LogP) is 6.46. The quantitative estimate of drug-likeness (QED) is 0.147. The van der Waals surface area contributed by atoms with E-state index in [1.165, 1.54) is 16.9 Å². The van der Waals surface area contributed by atoms with Gasteiger partial charge >= 0.3 is 5.97 Å². The van der Waals surface area contributed by atoms with Crippen LogP contribution in [0, 0.1) is 3.57 Å². The van der Waals surface area contributed by atoms with Crippen molar-refractivity contribution in [2.45, 2.75) is 52.7 Å². The van der Waals surface area contributed by atoms with Crippen LogP contribution in [0.15, 0.2) is 82.1 Å². The summed E-state index contributed by atoms with van der Waals surface area (Å²) in [6.45, 7) is 10.2. The maximum Gasteiger partial charge on any atom is 0.338 e. The fourth-order valence-electron chi connectivity index (χ4n) is 5.14. The first-order valence-electron chi connectivity index (χ1n) is 14.5. The van der Waals surface area contributed by atoms with E-state index in [1.54, 1.807) is 18.6 Å². The summed E-state index contributed by atoms with van der Waals surface area (Å²) in [5.41, 5.74) is 4.13. The molecule has 1 atom stereocenters. The van der Waals surface area contributed by atoms with E-state index in [0.29, 0.717) is 38.0 Å². The zero-order chi connectivity index (χ0) is 31.5. The summed E-state index contributed by atoms with van der Waals surface area (Å²) in [6.07, 6.45) is 1.82. The summed E-state index contributed by atoms with van der Waals surface area (Å²) in [4.78, 5) is 33.4. The number of thiazole rings is 1. The smallest absolute Gasteiger partial charge is 0.338 e. The number of hydrogen-bond donors (Lipinski definition) is 0. The van der Waals surface area contributed by atoms with Gasteiger partial charge in [0.15, 0.2) is 16.3 Å². The van der Waals surface area contributed by atoms with E-state index in [4.69, 9.17) is 19.2 Å². The summed E-state index contributed by atoms with van der Waals surface area (Å²) >= 11 is 3.51. The average Bonchev–Trinajstić information content (AvgIpc) is 3.31. The van der Waals surface area contributed by atoms with Crippen LogP contribution in [0.4, 0.5) is 0 Å². The number of ether oxygens (including phenoxy) is 3. The second-order valence-corrected chi connectivity index (χ2v) is 13.1. The van der Waals surface area contributed by atoms with Gasteiger partial charge in [0.25, 0.3) is 5.56 Å². The van der Waals surface area contributed by atoms with Gasteiger partial charge in [-0.25, -0.2) is 9.79 Å². The minimum Gasteiger partial charge on any atom is -0.493 e. The van der Waals surface area contributed by atoms with Crippen molar-refractivity contribution in [1.29, 1.82) is 0 Å². The molecular weight excluding hydrogens is 687 g/mol. The normalized spacial score (nSPS) is 14.9. The molecule has 2 heterocycles. The molecular formula is C35H35IN2O5S. The molecule has 0 aliphatic carbocycles. The van der Waals surface area contributed by atoms with Crippen molar-refractivity contribution in [1.82, 2.24) is 4.57 Å². The minimum atomic E-state index is -0.722. The van der Waals surface area contributed by atoms with Crippen molar-refractivity contribution in [2.24, 2.45) is 4.99 Å². The molecule has 0 unspecified atom stereocenters. The fraction of sp³-hybridized carbons (Fsp3) is 0.286. The van der Waals surface area contributed by atoms with Gasteiger partial charge in [-0.15, -0.1) is 0 Å². The monoisotopic (exact) mass is 722 g/mol. The van der Waals surface area contributed by atoms with Gasteiger partial charge in [-0.1, -0.05) is 79.8 Å². The van der Waals surface area contributed by atoms with Crippen molar-refractivity contribution in [2.75, 3.05) is 13.7 Å². The Bertz CT molecular complexity index is 1890. The van der Waals surface area contributed by atoms with Gasteiger partial charge in [0, 0.05) is 5.56 Å². The van der Waals surface area contributed by atoms with Crippen molar-refractivity contribution >= 4 is 51.7 Å². The Morgan fingerprint density at radius 1 is 1.07 bits per heavy atom. The van der Waals surface area contributed by atoms with Crippen molar-refractivity contribution in [3.63, 3.8) is 0 Å². The van der Waals surface area contributed by atoms with Gasteiger partial charge in [0.2, 0.25) is 0 Å². The van der Waals surface area contributed by atoms with Crippen LogP contribution in [-0.2, 0) is 9.53 Å². The van der Waals surface area contributed by atoms with Crippen molar-refractivity contribution < 1.29 is 19.0 Å². The van der Waals surface area contributed by atoms with Gasteiger partial charge in [0.1, 0.15) is 0 Å². The number of methoxy groups -OCH3 is 1. The fourth-order valence-corrected chi connectivity index (χ4v) is 6.90. The number of fused-ring (bicyclic) bond motifs is 1. The Labute approximate surface area is 274 Å². The molecule has 0 amide bonds. The molecule has 7 nitrogen and oxygen atoms in total. The lowest BCUT2D eigenvalue weighted by Gasteiger charge is -2.26. The maximum absolute atomic E-state index is 14.2.